The van der Waals surface area contributed by atoms with E-state index in [2.05, 4.69) is 0 Å². The van der Waals surface area contributed by atoms with Gasteiger partial charge in [0.25, 0.3) is 0 Å². The number of carbonyl (C=O) groups is 2. The van der Waals surface area contributed by atoms with E-state index in [9.17, 15) is 9.59 Å². The first-order chi connectivity index (χ1) is 6.11. The quantitative estimate of drug-likeness (QED) is 0.663. The van der Waals surface area contributed by atoms with Crippen molar-refractivity contribution >= 4 is 33.2 Å². The van der Waals surface area contributed by atoms with Gasteiger partial charge in [0.1, 0.15) is 5.78 Å². The van der Waals surface area contributed by atoms with Gasteiger partial charge in [0.15, 0.2) is 5.78 Å². The van der Waals surface area contributed by atoms with Gasteiger partial charge >= 0.3 is 0 Å². The second-order valence-electron chi connectivity index (χ2n) is 3.15. The van der Waals surface area contributed by atoms with Crippen molar-refractivity contribution in [3.8, 4) is 0 Å². The first-order valence-electron chi connectivity index (χ1n) is 4.14. The van der Waals surface area contributed by atoms with E-state index in [4.69, 9.17) is 5.73 Å². The molecule has 0 spiro atoms. The van der Waals surface area contributed by atoms with Crippen LogP contribution in [0.15, 0.2) is 0 Å². The van der Waals surface area contributed by atoms with Gasteiger partial charge in [0.2, 0.25) is 0 Å². The highest BCUT2D eigenvalue weighted by atomic mass is 33.1. The van der Waals surface area contributed by atoms with E-state index in [1.165, 1.54) is 6.92 Å². The monoisotopic (exact) mass is 219 g/mol. The zero-order valence-electron chi connectivity index (χ0n) is 7.49. The molecule has 1 heterocycles. The Kier molecular flexibility index (Phi) is 4.28. The van der Waals surface area contributed by atoms with Crippen LogP contribution in [0.1, 0.15) is 13.3 Å². The molecular weight excluding hydrogens is 206 g/mol. The SMILES string of the molecule is CC(=O)[C@H]1CSSC[C@@H](N)C(=O)C1. The van der Waals surface area contributed by atoms with Gasteiger partial charge in [-0.25, -0.2) is 0 Å². The lowest BCUT2D eigenvalue weighted by molar-refractivity contribution is -0.126. The molecule has 2 atom stereocenters. The molecule has 0 amide bonds. The summed E-state index contributed by atoms with van der Waals surface area (Å²) in [6.45, 7) is 1.54. The van der Waals surface area contributed by atoms with Gasteiger partial charge in [-0.15, -0.1) is 0 Å². The predicted molar refractivity (Wildman–Crippen MR) is 56.7 cm³/mol. The molecule has 0 aromatic carbocycles. The average Bonchev–Trinajstić information content (AvgIpc) is 2.06. The average molecular weight is 219 g/mol. The third kappa shape index (κ3) is 3.32. The van der Waals surface area contributed by atoms with E-state index >= 15 is 0 Å². The molecule has 74 valence electrons. The van der Waals surface area contributed by atoms with Gasteiger partial charge < -0.3 is 5.73 Å². The maximum absolute atomic E-state index is 11.4. The number of Topliss-reactive ketones (excluding diaryl/α,β-unsaturated/α-hetero) is 2. The molecule has 13 heavy (non-hydrogen) atoms. The van der Waals surface area contributed by atoms with Crippen LogP contribution in [-0.2, 0) is 9.59 Å². The minimum absolute atomic E-state index is 0.0213. The third-order valence-electron chi connectivity index (χ3n) is 2.04. The number of hydrogen-bond acceptors (Lipinski definition) is 5. The molecular formula is C8H13NO2S2. The fourth-order valence-electron chi connectivity index (χ4n) is 1.06. The lowest BCUT2D eigenvalue weighted by Gasteiger charge is -2.18. The van der Waals surface area contributed by atoms with Crippen molar-refractivity contribution in [2.24, 2.45) is 11.7 Å². The standard InChI is InChI=1S/C8H13NO2S2/c1-5(10)6-2-8(11)7(9)4-13-12-3-6/h6-7H,2-4,9H2,1H3/t6-,7-/m1/s1. The van der Waals surface area contributed by atoms with Crippen LogP contribution in [0.5, 0.6) is 0 Å². The van der Waals surface area contributed by atoms with Crippen molar-refractivity contribution in [1.82, 2.24) is 0 Å². The maximum Gasteiger partial charge on any atom is 0.151 e. The van der Waals surface area contributed by atoms with E-state index in [1.54, 1.807) is 21.6 Å². The third-order valence-corrected chi connectivity index (χ3v) is 4.55. The van der Waals surface area contributed by atoms with Crippen molar-refractivity contribution < 1.29 is 9.59 Å². The van der Waals surface area contributed by atoms with E-state index in [1.807, 2.05) is 0 Å². The molecule has 1 fully saturated rings. The van der Waals surface area contributed by atoms with Crippen LogP contribution in [0.3, 0.4) is 0 Å². The molecule has 0 aliphatic carbocycles. The predicted octanol–water partition coefficient (Wildman–Crippen LogP) is 0.873. The zero-order chi connectivity index (χ0) is 9.84. The summed E-state index contributed by atoms with van der Waals surface area (Å²) in [7, 11) is 3.22. The molecule has 1 aliphatic heterocycles. The Bertz CT molecular complexity index is 220. The Morgan fingerprint density at radius 1 is 1.46 bits per heavy atom. The molecule has 0 aromatic rings. The molecule has 0 radical (unpaired) electrons. The Balaban J connectivity index is 2.58. The maximum atomic E-state index is 11.4. The topological polar surface area (TPSA) is 60.2 Å². The summed E-state index contributed by atoms with van der Waals surface area (Å²) >= 11 is 0. The summed E-state index contributed by atoms with van der Waals surface area (Å²) in [5.74, 6) is 1.38. The molecule has 5 heteroatoms. The second-order valence-corrected chi connectivity index (χ2v) is 5.71. The summed E-state index contributed by atoms with van der Waals surface area (Å²) in [6, 6.07) is -0.389. The van der Waals surface area contributed by atoms with Crippen LogP contribution in [0.4, 0.5) is 0 Å². The van der Waals surface area contributed by atoms with Crippen LogP contribution in [-0.4, -0.2) is 29.1 Å². The first-order valence-corrected chi connectivity index (χ1v) is 6.63. The second kappa shape index (κ2) is 5.02. The van der Waals surface area contributed by atoms with Crippen LogP contribution in [0.25, 0.3) is 0 Å². The fraction of sp³-hybridized carbons (Fsp3) is 0.750. The number of nitrogens with two attached hydrogens (primary N) is 1. The van der Waals surface area contributed by atoms with Crippen LogP contribution >= 0.6 is 21.6 Å². The zero-order valence-corrected chi connectivity index (χ0v) is 9.12. The molecule has 1 saturated heterocycles. The minimum atomic E-state index is -0.389. The van der Waals surface area contributed by atoms with Crippen LogP contribution in [0.2, 0.25) is 0 Å². The number of rotatable bonds is 1. The number of ketones is 2. The Morgan fingerprint density at radius 2 is 2.08 bits per heavy atom. The van der Waals surface area contributed by atoms with Gasteiger partial charge in [-0.1, -0.05) is 21.6 Å². The number of carbonyl (C=O) groups excluding carboxylic acids is 2. The lowest BCUT2D eigenvalue weighted by atomic mass is 9.98. The highest BCUT2D eigenvalue weighted by molar-refractivity contribution is 8.76. The van der Waals surface area contributed by atoms with Gasteiger partial charge in [-0.2, -0.15) is 0 Å². The van der Waals surface area contributed by atoms with Crippen molar-refractivity contribution in [3.63, 3.8) is 0 Å². The van der Waals surface area contributed by atoms with E-state index < -0.39 is 0 Å². The molecule has 1 aliphatic rings. The van der Waals surface area contributed by atoms with E-state index in [-0.39, 0.29) is 23.5 Å². The summed E-state index contributed by atoms with van der Waals surface area (Å²) < 4.78 is 0. The van der Waals surface area contributed by atoms with Gasteiger partial charge in [0.05, 0.1) is 6.04 Å². The minimum Gasteiger partial charge on any atom is -0.321 e. The summed E-state index contributed by atoms with van der Waals surface area (Å²) in [6.07, 6.45) is 0.323. The lowest BCUT2D eigenvalue weighted by Crippen LogP contribution is -2.36. The molecule has 0 aromatic heterocycles. The van der Waals surface area contributed by atoms with Crippen molar-refractivity contribution in [3.05, 3.63) is 0 Å². The molecule has 0 bridgehead atoms. The fourth-order valence-corrected chi connectivity index (χ4v) is 3.61. The largest absolute Gasteiger partial charge is 0.321 e. The normalized spacial score (nSPS) is 30.8. The smallest absolute Gasteiger partial charge is 0.151 e. The first kappa shape index (κ1) is 11.1. The Labute approximate surface area is 85.6 Å². The van der Waals surface area contributed by atoms with Crippen LogP contribution < -0.4 is 5.73 Å². The van der Waals surface area contributed by atoms with E-state index in [0.29, 0.717) is 12.2 Å². The molecule has 3 nitrogen and oxygen atoms in total. The molecule has 0 unspecified atom stereocenters. The summed E-state index contributed by atoms with van der Waals surface area (Å²) in [4.78, 5) is 22.5. The highest BCUT2D eigenvalue weighted by Crippen LogP contribution is 2.29. The van der Waals surface area contributed by atoms with Gasteiger partial charge in [0, 0.05) is 23.8 Å². The Hall–Kier alpha value is -0.0000000000000000555. The van der Waals surface area contributed by atoms with Gasteiger partial charge in [-0.05, 0) is 6.92 Å². The van der Waals surface area contributed by atoms with Gasteiger partial charge in [-0.3, -0.25) is 9.59 Å². The molecule has 0 saturated carbocycles. The Morgan fingerprint density at radius 3 is 2.69 bits per heavy atom. The summed E-state index contributed by atoms with van der Waals surface area (Å²) in [5.41, 5.74) is 5.62. The van der Waals surface area contributed by atoms with Crippen LogP contribution in [0, 0.1) is 5.92 Å². The van der Waals surface area contributed by atoms with Crippen molar-refractivity contribution in [1.29, 1.82) is 0 Å². The summed E-state index contributed by atoms with van der Waals surface area (Å²) in [5, 5.41) is 0. The molecule has 2 N–H and O–H groups in total. The molecule has 1 rings (SSSR count). The van der Waals surface area contributed by atoms with E-state index in [0.717, 1.165) is 5.75 Å². The van der Waals surface area contributed by atoms with Crippen molar-refractivity contribution in [2.75, 3.05) is 11.5 Å². The number of hydrogen-bond donors (Lipinski definition) is 1. The highest BCUT2D eigenvalue weighted by Gasteiger charge is 2.24. The van der Waals surface area contributed by atoms with Crippen molar-refractivity contribution in [2.45, 2.75) is 19.4 Å².